The first-order valence-electron chi connectivity index (χ1n) is 5.86. The quantitative estimate of drug-likeness (QED) is 0.756. The standard InChI is InChI=1S/C12H20N2O3/c1-4-6-14(9(2)3)12(17)13-7-5-10(8-13)11(15)16/h4,9-10H,1,5-8H2,2-3H3,(H,15,16). The molecule has 1 aliphatic heterocycles. The molecule has 5 heteroatoms. The zero-order valence-electron chi connectivity index (χ0n) is 10.4. The molecule has 1 rings (SSSR count). The lowest BCUT2D eigenvalue weighted by Crippen LogP contribution is -2.45. The van der Waals surface area contributed by atoms with E-state index in [2.05, 4.69) is 6.58 Å². The van der Waals surface area contributed by atoms with Crippen molar-refractivity contribution in [3.05, 3.63) is 12.7 Å². The van der Waals surface area contributed by atoms with Crippen LogP contribution in [0.5, 0.6) is 0 Å². The van der Waals surface area contributed by atoms with Gasteiger partial charge in [0.1, 0.15) is 0 Å². The second kappa shape index (κ2) is 5.70. The van der Waals surface area contributed by atoms with Crippen molar-refractivity contribution in [2.45, 2.75) is 26.3 Å². The van der Waals surface area contributed by atoms with Crippen molar-refractivity contribution in [3.8, 4) is 0 Å². The van der Waals surface area contributed by atoms with Crippen LogP contribution in [0.1, 0.15) is 20.3 Å². The highest BCUT2D eigenvalue weighted by Gasteiger charge is 2.33. The van der Waals surface area contributed by atoms with Gasteiger partial charge in [-0.3, -0.25) is 4.79 Å². The summed E-state index contributed by atoms with van der Waals surface area (Å²) in [4.78, 5) is 26.3. The molecule has 1 fully saturated rings. The highest BCUT2D eigenvalue weighted by atomic mass is 16.4. The van der Waals surface area contributed by atoms with E-state index in [9.17, 15) is 9.59 Å². The molecule has 0 bridgehead atoms. The summed E-state index contributed by atoms with van der Waals surface area (Å²) in [5.74, 6) is -1.24. The van der Waals surface area contributed by atoms with Crippen LogP contribution in [-0.2, 0) is 4.79 Å². The molecule has 96 valence electrons. The van der Waals surface area contributed by atoms with Gasteiger partial charge in [0, 0.05) is 25.7 Å². The predicted molar refractivity (Wildman–Crippen MR) is 64.8 cm³/mol. The van der Waals surface area contributed by atoms with Crippen molar-refractivity contribution in [3.63, 3.8) is 0 Å². The highest BCUT2D eigenvalue weighted by molar-refractivity contribution is 5.77. The Morgan fingerprint density at radius 2 is 2.24 bits per heavy atom. The monoisotopic (exact) mass is 240 g/mol. The number of carboxylic acid groups (broad SMARTS) is 1. The van der Waals surface area contributed by atoms with Crippen molar-refractivity contribution in [1.82, 2.24) is 9.80 Å². The number of rotatable bonds is 4. The van der Waals surface area contributed by atoms with Gasteiger partial charge in [0.15, 0.2) is 0 Å². The fourth-order valence-corrected chi connectivity index (χ4v) is 1.97. The maximum absolute atomic E-state index is 12.2. The Morgan fingerprint density at radius 3 is 2.65 bits per heavy atom. The number of aliphatic carboxylic acids is 1. The minimum Gasteiger partial charge on any atom is -0.481 e. The van der Waals surface area contributed by atoms with Gasteiger partial charge in [0.2, 0.25) is 0 Å². The van der Waals surface area contributed by atoms with E-state index in [1.807, 2.05) is 13.8 Å². The van der Waals surface area contributed by atoms with Gasteiger partial charge in [-0.15, -0.1) is 6.58 Å². The molecule has 5 nitrogen and oxygen atoms in total. The molecule has 17 heavy (non-hydrogen) atoms. The Labute approximate surface area is 102 Å². The van der Waals surface area contributed by atoms with Gasteiger partial charge >= 0.3 is 12.0 Å². The average Bonchev–Trinajstić information content (AvgIpc) is 2.73. The van der Waals surface area contributed by atoms with Crippen molar-refractivity contribution >= 4 is 12.0 Å². The third-order valence-corrected chi connectivity index (χ3v) is 3.00. The van der Waals surface area contributed by atoms with Gasteiger partial charge in [-0.2, -0.15) is 0 Å². The maximum Gasteiger partial charge on any atom is 0.320 e. The molecule has 0 aromatic rings. The molecule has 1 saturated heterocycles. The number of hydrogen-bond donors (Lipinski definition) is 1. The van der Waals surface area contributed by atoms with Crippen LogP contribution in [0.25, 0.3) is 0 Å². The minimum absolute atomic E-state index is 0.0874. The van der Waals surface area contributed by atoms with Crippen LogP contribution in [0.3, 0.4) is 0 Å². The van der Waals surface area contributed by atoms with E-state index in [4.69, 9.17) is 5.11 Å². The summed E-state index contributed by atoms with van der Waals surface area (Å²) >= 11 is 0. The number of nitrogens with zero attached hydrogens (tertiary/aromatic N) is 2. The average molecular weight is 240 g/mol. The molecule has 0 spiro atoms. The van der Waals surface area contributed by atoms with E-state index in [0.717, 1.165) is 0 Å². The van der Waals surface area contributed by atoms with Crippen molar-refractivity contribution in [1.29, 1.82) is 0 Å². The summed E-state index contributed by atoms with van der Waals surface area (Å²) in [6.07, 6.45) is 2.23. The van der Waals surface area contributed by atoms with Crippen LogP contribution in [0, 0.1) is 5.92 Å². The molecule has 0 saturated carbocycles. The SMILES string of the molecule is C=CCN(C(=O)N1CCC(C(=O)O)C1)C(C)C. The number of urea groups is 1. The number of likely N-dealkylation sites (tertiary alicyclic amines) is 1. The lowest BCUT2D eigenvalue weighted by molar-refractivity contribution is -0.141. The number of carbonyl (C=O) groups is 2. The zero-order chi connectivity index (χ0) is 13.0. The Bertz CT molecular complexity index is 315. The molecule has 1 aliphatic rings. The molecule has 2 amide bonds. The summed E-state index contributed by atoms with van der Waals surface area (Å²) in [6.45, 7) is 8.83. The third kappa shape index (κ3) is 3.22. The molecule has 1 unspecified atom stereocenters. The van der Waals surface area contributed by atoms with Crippen molar-refractivity contribution < 1.29 is 14.7 Å². The summed E-state index contributed by atoms with van der Waals surface area (Å²) in [5, 5.41) is 8.90. The van der Waals surface area contributed by atoms with Crippen LogP contribution >= 0.6 is 0 Å². The molecule has 1 atom stereocenters. The summed E-state index contributed by atoms with van der Waals surface area (Å²) in [5.41, 5.74) is 0. The number of amides is 2. The second-order valence-electron chi connectivity index (χ2n) is 4.59. The van der Waals surface area contributed by atoms with Gasteiger partial charge in [-0.05, 0) is 20.3 Å². The van der Waals surface area contributed by atoms with E-state index in [0.29, 0.717) is 26.1 Å². The Morgan fingerprint density at radius 1 is 1.59 bits per heavy atom. The van der Waals surface area contributed by atoms with Crippen LogP contribution in [-0.4, -0.2) is 52.6 Å². The van der Waals surface area contributed by atoms with Gasteiger partial charge < -0.3 is 14.9 Å². The number of carboxylic acids is 1. The normalized spacial score (nSPS) is 19.5. The summed E-state index contributed by atoms with van der Waals surface area (Å²) in [7, 11) is 0. The lowest BCUT2D eigenvalue weighted by atomic mass is 10.1. The lowest BCUT2D eigenvalue weighted by Gasteiger charge is -2.30. The molecule has 0 aromatic carbocycles. The van der Waals surface area contributed by atoms with E-state index in [1.165, 1.54) is 0 Å². The minimum atomic E-state index is -0.819. The third-order valence-electron chi connectivity index (χ3n) is 3.00. The maximum atomic E-state index is 12.2. The molecule has 0 radical (unpaired) electrons. The van der Waals surface area contributed by atoms with Crippen LogP contribution in [0.4, 0.5) is 4.79 Å². The number of hydrogen-bond acceptors (Lipinski definition) is 2. The predicted octanol–water partition coefficient (Wildman–Crippen LogP) is 1.41. The Hall–Kier alpha value is -1.52. The fourth-order valence-electron chi connectivity index (χ4n) is 1.97. The summed E-state index contributed by atoms with van der Waals surface area (Å²) < 4.78 is 0. The Balaban J connectivity index is 2.63. The molecule has 1 N–H and O–H groups in total. The topological polar surface area (TPSA) is 60.9 Å². The second-order valence-corrected chi connectivity index (χ2v) is 4.59. The molecule has 0 aliphatic carbocycles. The first-order chi connectivity index (χ1) is 7.97. The van der Waals surface area contributed by atoms with Gasteiger partial charge in [0.25, 0.3) is 0 Å². The first-order valence-corrected chi connectivity index (χ1v) is 5.86. The van der Waals surface area contributed by atoms with E-state index < -0.39 is 11.9 Å². The largest absolute Gasteiger partial charge is 0.481 e. The molecule has 0 aromatic heterocycles. The summed E-state index contributed by atoms with van der Waals surface area (Å²) in [6, 6.07) is -0.00646. The van der Waals surface area contributed by atoms with Crippen LogP contribution < -0.4 is 0 Å². The molecular formula is C12H20N2O3. The number of carbonyl (C=O) groups excluding carboxylic acids is 1. The van der Waals surface area contributed by atoms with Crippen molar-refractivity contribution in [2.24, 2.45) is 5.92 Å². The van der Waals surface area contributed by atoms with Gasteiger partial charge in [-0.1, -0.05) is 6.08 Å². The highest BCUT2D eigenvalue weighted by Crippen LogP contribution is 2.18. The molecule has 1 heterocycles. The van der Waals surface area contributed by atoms with E-state index in [-0.39, 0.29) is 12.1 Å². The smallest absolute Gasteiger partial charge is 0.320 e. The zero-order valence-corrected chi connectivity index (χ0v) is 10.4. The van der Waals surface area contributed by atoms with Gasteiger partial charge in [-0.25, -0.2) is 4.79 Å². The first kappa shape index (κ1) is 13.5. The van der Waals surface area contributed by atoms with Gasteiger partial charge in [0.05, 0.1) is 5.92 Å². The Kier molecular flexibility index (Phi) is 4.54. The van der Waals surface area contributed by atoms with E-state index in [1.54, 1.807) is 15.9 Å². The van der Waals surface area contributed by atoms with E-state index >= 15 is 0 Å². The van der Waals surface area contributed by atoms with Crippen LogP contribution in [0.2, 0.25) is 0 Å². The fraction of sp³-hybridized carbons (Fsp3) is 0.667. The van der Waals surface area contributed by atoms with Crippen molar-refractivity contribution in [2.75, 3.05) is 19.6 Å². The van der Waals surface area contributed by atoms with Crippen LogP contribution in [0.15, 0.2) is 12.7 Å². The molecular weight excluding hydrogens is 220 g/mol.